The van der Waals surface area contributed by atoms with Gasteiger partial charge in [0, 0.05) is 4.88 Å². The van der Waals surface area contributed by atoms with E-state index in [1.807, 2.05) is 13.0 Å². The summed E-state index contributed by atoms with van der Waals surface area (Å²) in [5.74, 6) is 5.25. The zero-order valence-corrected chi connectivity index (χ0v) is 8.00. The molecule has 1 aromatic rings. The Bertz CT molecular complexity index is 211. The van der Waals surface area contributed by atoms with Gasteiger partial charge in [-0.05, 0) is 35.0 Å². The SMILES string of the molecule is C[C@H](NN)c1ccc(Br)s1. The second-order valence-electron chi connectivity index (χ2n) is 2.03. The molecule has 1 atom stereocenters. The van der Waals surface area contributed by atoms with Crippen molar-refractivity contribution in [1.82, 2.24) is 5.43 Å². The van der Waals surface area contributed by atoms with Crippen LogP contribution in [0.25, 0.3) is 0 Å². The smallest absolute Gasteiger partial charge is 0.0701 e. The lowest BCUT2D eigenvalue weighted by atomic mass is 10.3. The molecule has 3 N–H and O–H groups in total. The van der Waals surface area contributed by atoms with E-state index in [9.17, 15) is 0 Å². The van der Waals surface area contributed by atoms with Gasteiger partial charge in [-0.3, -0.25) is 11.3 Å². The quantitative estimate of drug-likeness (QED) is 0.592. The Morgan fingerprint density at radius 2 is 2.40 bits per heavy atom. The van der Waals surface area contributed by atoms with E-state index in [2.05, 4.69) is 27.4 Å². The van der Waals surface area contributed by atoms with Gasteiger partial charge in [-0.25, -0.2) is 0 Å². The third-order valence-corrected chi connectivity index (χ3v) is 3.08. The average Bonchev–Trinajstić information content (AvgIpc) is 2.34. The molecule has 0 spiro atoms. The summed E-state index contributed by atoms with van der Waals surface area (Å²) in [7, 11) is 0. The van der Waals surface area contributed by atoms with Crippen molar-refractivity contribution in [3.63, 3.8) is 0 Å². The minimum Gasteiger partial charge on any atom is -0.271 e. The van der Waals surface area contributed by atoms with Crippen molar-refractivity contribution in [3.8, 4) is 0 Å². The molecule has 0 unspecified atom stereocenters. The molecule has 10 heavy (non-hydrogen) atoms. The number of thiophene rings is 1. The first-order chi connectivity index (χ1) is 4.74. The number of halogens is 1. The average molecular weight is 221 g/mol. The molecule has 0 saturated heterocycles. The minimum absolute atomic E-state index is 0.247. The summed E-state index contributed by atoms with van der Waals surface area (Å²) < 4.78 is 1.14. The number of hydrogen-bond donors (Lipinski definition) is 2. The maximum atomic E-state index is 5.25. The number of hydrogen-bond acceptors (Lipinski definition) is 3. The molecule has 0 amide bonds. The highest BCUT2D eigenvalue weighted by Gasteiger charge is 2.03. The highest BCUT2D eigenvalue weighted by molar-refractivity contribution is 9.11. The predicted molar refractivity (Wildman–Crippen MR) is 47.8 cm³/mol. The maximum absolute atomic E-state index is 5.25. The first-order valence-electron chi connectivity index (χ1n) is 2.95. The fourth-order valence-electron chi connectivity index (χ4n) is 0.643. The Morgan fingerprint density at radius 1 is 1.70 bits per heavy atom. The lowest BCUT2D eigenvalue weighted by molar-refractivity contribution is 0.612. The van der Waals surface area contributed by atoms with Gasteiger partial charge in [0.1, 0.15) is 0 Å². The summed E-state index contributed by atoms with van der Waals surface area (Å²) >= 11 is 5.07. The Morgan fingerprint density at radius 3 is 2.80 bits per heavy atom. The molecule has 1 heterocycles. The standard InChI is InChI=1S/C6H9BrN2S/c1-4(9-8)5-2-3-6(7)10-5/h2-4,9H,8H2,1H3/t4-/m0/s1. The molecule has 1 aromatic heterocycles. The molecule has 0 fully saturated rings. The van der Waals surface area contributed by atoms with Gasteiger partial charge < -0.3 is 0 Å². The van der Waals surface area contributed by atoms with Crippen LogP contribution in [0, 0.1) is 0 Å². The number of hydrazine groups is 1. The van der Waals surface area contributed by atoms with E-state index in [4.69, 9.17) is 5.84 Å². The molecule has 2 nitrogen and oxygen atoms in total. The van der Waals surface area contributed by atoms with Gasteiger partial charge in [0.15, 0.2) is 0 Å². The summed E-state index contributed by atoms with van der Waals surface area (Å²) in [4.78, 5) is 1.24. The zero-order chi connectivity index (χ0) is 7.56. The molecule has 0 saturated carbocycles. The van der Waals surface area contributed by atoms with E-state index in [0.29, 0.717) is 0 Å². The van der Waals surface area contributed by atoms with Crippen molar-refractivity contribution in [3.05, 3.63) is 20.8 Å². The molecule has 0 aliphatic heterocycles. The van der Waals surface area contributed by atoms with E-state index < -0.39 is 0 Å². The lowest BCUT2D eigenvalue weighted by Gasteiger charge is -2.04. The van der Waals surface area contributed by atoms with Crippen molar-refractivity contribution in [2.45, 2.75) is 13.0 Å². The topological polar surface area (TPSA) is 38.0 Å². The van der Waals surface area contributed by atoms with Crippen molar-refractivity contribution >= 4 is 27.3 Å². The van der Waals surface area contributed by atoms with Gasteiger partial charge in [0.25, 0.3) is 0 Å². The lowest BCUT2D eigenvalue weighted by Crippen LogP contribution is -2.24. The van der Waals surface area contributed by atoms with Gasteiger partial charge in [-0.15, -0.1) is 11.3 Å². The van der Waals surface area contributed by atoms with Gasteiger partial charge in [-0.1, -0.05) is 0 Å². The van der Waals surface area contributed by atoms with Crippen LogP contribution in [0.5, 0.6) is 0 Å². The molecular formula is C6H9BrN2S. The van der Waals surface area contributed by atoms with Crippen LogP contribution < -0.4 is 11.3 Å². The summed E-state index contributed by atoms with van der Waals surface area (Å²) in [6.07, 6.45) is 0. The molecular weight excluding hydrogens is 212 g/mol. The van der Waals surface area contributed by atoms with E-state index in [-0.39, 0.29) is 6.04 Å². The van der Waals surface area contributed by atoms with Crippen molar-refractivity contribution < 1.29 is 0 Å². The van der Waals surface area contributed by atoms with Crippen LogP contribution in [0.2, 0.25) is 0 Å². The normalized spacial score (nSPS) is 13.5. The first kappa shape index (κ1) is 8.20. The molecule has 56 valence electrons. The molecule has 1 rings (SSSR count). The van der Waals surface area contributed by atoms with E-state index in [0.717, 1.165) is 3.79 Å². The third-order valence-electron chi connectivity index (χ3n) is 1.27. The number of nitrogens with one attached hydrogen (secondary N) is 1. The first-order valence-corrected chi connectivity index (χ1v) is 4.56. The van der Waals surface area contributed by atoms with Crippen LogP contribution in [0.15, 0.2) is 15.9 Å². The van der Waals surface area contributed by atoms with Crippen LogP contribution in [0.1, 0.15) is 17.8 Å². The molecule has 0 aliphatic rings. The zero-order valence-electron chi connectivity index (χ0n) is 5.60. The summed E-state index contributed by atoms with van der Waals surface area (Å²) in [5.41, 5.74) is 2.68. The Kier molecular flexibility index (Phi) is 2.85. The highest BCUT2D eigenvalue weighted by Crippen LogP contribution is 2.26. The van der Waals surface area contributed by atoms with Crippen LogP contribution >= 0.6 is 27.3 Å². The number of nitrogens with two attached hydrogens (primary N) is 1. The summed E-state index contributed by atoms with van der Waals surface area (Å²) in [6, 6.07) is 4.32. The van der Waals surface area contributed by atoms with E-state index in [1.165, 1.54) is 4.88 Å². The monoisotopic (exact) mass is 220 g/mol. The van der Waals surface area contributed by atoms with E-state index in [1.54, 1.807) is 11.3 Å². The third kappa shape index (κ3) is 1.79. The Hall–Kier alpha value is 0.1000. The second-order valence-corrected chi connectivity index (χ2v) is 4.52. The van der Waals surface area contributed by atoms with Gasteiger partial charge in [0.05, 0.1) is 9.83 Å². The van der Waals surface area contributed by atoms with Crippen molar-refractivity contribution in [2.75, 3.05) is 0 Å². The highest BCUT2D eigenvalue weighted by atomic mass is 79.9. The van der Waals surface area contributed by atoms with Gasteiger partial charge in [0.2, 0.25) is 0 Å². The van der Waals surface area contributed by atoms with E-state index >= 15 is 0 Å². The molecule has 0 aliphatic carbocycles. The summed E-state index contributed by atoms with van der Waals surface area (Å²) in [5, 5.41) is 0. The molecule has 0 aromatic carbocycles. The number of rotatable bonds is 2. The van der Waals surface area contributed by atoms with Gasteiger partial charge in [-0.2, -0.15) is 0 Å². The fourth-order valence-corrected chi connectivity index (χ4v) is 2.08. The van der Waals surface area contributed by atoms with Crippen LogP contribution in [-0.4, -0.2) is 0 Å². The maximum Gasteiger partial charge on any atom is 0.0701 e. The van der Waals surface area contributed by atoms with Crippen molar-refractivity contribution in [1.29, 1.82) is 0 Å². The van der Waals surface area contributed by atoms with Crippen molar-refractivity contribution in [2.24, 2.45) is 5.84 Å². The minimum atomic E-state index is 0.247. The predicted octanol–water partition coefficient (Wildman–Crippen LogP) is 2.03. The van der Waals surface area contributed by atoms with Crippen LogP contribution in [0.3, 0.4) is 0 Å². The van der Waals surface area contributed by atoms with Crippen LogP contribution in [-0.2, 0) is 0 Å². The van der Waals surface area contributed by atoms with Gasteiger partial charge >= 0.3 is 0 Å². The molecule has 4 heteroatoms. The largest absolute Gasteiger partial charge is 0.271 e. The molecule has 0 radical (unpaired) electrons. The molecule has 0 bridgehead atoms. The summed E-state index contributed by atoms with van der Waals surface area (Å²) in [6.45, 7) is 2.03. The Labute approximate surface area is 72.5 Å². The fraction of sp³-hybridized carbons (Fsp3) is 0.333. The second kappa shape index (κ2) is 3.48. The van der Waals surface area contributed by atoms with Crippen LogP contribution in [0.4, 0.5) is 0 Å². The Balaban J connectivity index is 2.74.